The Morgan fingerprint density at radius 1 is 1.79 bits per heavy atom. The number of nitrogens with two attached hydrogens (primary N) is 1. The number of piperazine rings is 1. The molecule has 2 atom stereocenters. The molecule has 0 spiro atoms. The quantitative estimate of drug-likeness (QED) is 0.548. The van der Waals surface area contributed by atoms with Crippen LogP contribution < -0.4 is 11.1 Å². The maximum atomic E-state index is 10.5. The average molecular weight is 201 g/mol. The first-order valence-corrected chi connectivity index (χ1v) is 5.04. The van der Waals surface area contributed by atoms with Gasteiger partial charge >= 0.3 is 5.97 Å². The number of nitrogens with one attached hydrogen (secondary N) is 1. The highest BCUT2D eigenvalue weighted by molar-refractivity contribution is 5.72. The summed E-state index contributed by atoms with van der Waals surface area (Å²) < 4.78 is 0. The maximum absolute atomic E-state index is 10.5. The van der Waals surface area contributed by atoms with E-state index in [9.17, 15) is 4.79 Å². The zero-order valence-electron chi connectivity index (χ0n) is 8.57. The van der Waals surface area contributed by atoms with Gasteiger partial charge in [0.1, 0.15) is 6.04 Å². The molecule has 1 aliphatic rings. The molecule has 0 bridgehead atoms. The van der Waals surface area contributed by atoms with E-state index in [1.165, 1.54) is 0 Å². The fourth-order valence-corrected chi connectivity index (χ4v) is 1.64. The lowest BCUT2D eigenvalue weighted by Crippen LogP contribution is -2.51. The van der Waals surface area contributed by atoms with Crippen molar-refractivity contribution in [1.82, 2.24) is 10.2 Å². The Morgan fingerprint density at radius 3 is 3.07 bits per heavy atom. The summed E-state index contributed by atoms with van der Waals surface area (Å²) in [6.07, 6.45) is 0.527. The van der Waals surface area contributed by atoms with Crippen LogP contribution in [0.2, 0.25) is 0 Å². The Labute approximate surface area is 84.3 Å². The molecule has 1 aliphatic heterocycles. The molecule has 0 aromatic heterocycles. The van der Waals surface area contributed by atoms with Gasteiger partial charge < -0.3 is 16.2 Å². The van der Waals surface area contributed by atoms with Crippen molar-refractivity contribution in [1.29, 1.82) is 0 Å². The molecule has 82 valence electrons. The number of carbonyl (C=O) groups is 1. The largest absolute Gasteiger partial charge is 0.480 e. The summed E-state index contributed by atoms with van der Waals surface area (Å²) in [5.74, 6) is -0.909. The fraction of sp³-hybridized carbons (Fsp3) is 0.889. The summed E-state index contributed by atoms with van der Waals surface area (Å²) in [5.41, 5.74) is 5.44. The van der Waals surface area contributed by atoms with Crippen LogP contribution in [0, 0.1) is 0 Å². The second-order valence-electron chi connectivity index (χ2n) is 3.82. The van der Waals surface area contributed by atoms with Gasteiger partial charge in [0.05, 0.1) is 0 Å². The number of hydrogen-bond acceptors (Lipinski definition) is 4. The summed E-state index contributed by atoms with van der Waals surface area (Å²) in [7, 11) is 0. The van der Waals surface area contributed by atoms with Crippen LogP contribution in [0.4, 0.5) is 0 Å². The molecule has 14 heavy (non-hydrogen) atoms. The van der Waals surface area contributed by atoms with Crippen LogP contribution in [-0.2, 0) is 4.79 Å². The topological polar surface area (TPSA) is 78.6 Å². The Hall–Kier alpha value is -0.650. The highest BCUT2D eigenvalue weighted by Gasteiger charge is 2.19. The van der Waals surface area contributed by atoms with Crippen LogP contribution in [0.15, 0.2) is 0 Å². The number of rotatable bonds is 4. The maximum Gasteiger partial charge on any atom is 0.320 e. The van der Waals surface area contributed by atoms with E-state index in [-0.39, 0.29) is 0 Å². The van der Waals surface area contributed by atoms with Gasteiger partial charge in [-0.25, -0.2) is 0 Å². The van der Waals surface area contributed by atoms with Gasteiger partial charge in [-0.05, 0) is 13.3 Å². The molecule has 0 aromatic rings. The van der Waals surface area contributed by atoms with Crippen molar-refractivity contribution < 1.29 is 9.90 Å². The first kappa shape index (κ1) is 11.4. The molecule has 1 saturated heterocycles. The Bertz CT molecular complexity index is 198. The minimum atomic E-state index is -0.909. The second-order valence-corrected chi connectivity index (χ2v) is 3.82. The molecular weight excluding hydrogens is 182 g/mol. The number of hydrogen-bond donors (Lipinski definition) is 3. The van der Waals surface area contributed by atoms with E-state index in [1.54, 1.807) is 0 Å². The Balaban J connectivity index is 2.25. The molecular formula is C9H19N3O2. The first-order valence-electron chi connectivity index (χ1n) is 5.04. The van der Waals surface area contributed by atoms with Crippen LogP contribution in [-0.4, -0.2) is 54.2 Å². The number of nitrogens with zero attached hydrogens (tertiary/aromatic N) is 1. The standard InChI is InChI=1S/C9H19N3O2/c1-7-6-11-3-5-12(7)4-2-8(10)9(13)14/h7-8,11H,2-6,10H2,1H3,(H,13,14)/t7?,8-/m1/s1. The van der Waals surface area contributed by atoms with E-state index in [0.29, 0.717) is 12.5 Å². The minimum absolute atomic E-state index is 0.477. The van der Waals surface area contributed by atoms with E-state index < -0.39 is 12.0 Å². The molecule has 0 amide bonds. The molecule has 1 unspecified atom stereocenters. The van der Waals surface area contributed by atoms with Gasteiger partial charge in [0.15, 0.2) is 0 Å². The van der Waals surface area contributed by atoms with Crippen molar-refractivity contribution in [2.24, 2.45) is 5.73 Å². The predicted molar refractivity (Wildman–Crippen MR) is 54.1 cm³/mol. The van der Waals surface area contributed by atoms with Crippen molar-refractivity contribution in [3.63, 3.8) is 0 Å². The van der Waals surface area contributed by atoms with Gasteiger partial charge in [-0.2, -0.15) is 0 Å². The van der Waals surface area contributed by atoms with Crippen molar-refractivity contribution in [3.8, 4) is 0 Å². The van der Waals surface area contributed by atoms with E-state index in [4.69, 9.17) is 10.8 Å². The lowest BCUT2D eigenvalue weighted by Gasteiger charge is -2.34. The Kier molecular flexibility index (Phi) is 4.31. The molecule has 0 aliphatic carbocycles. The third kappa shape index (κ3) is 3.25. The van der Waals surface area contributed by atoms with Crippen LogP contribution in [0.25, 0.3) is 0 Å². The van der Waals surface area contributed by atoms with Crippen molar-refractivity contribution >= 4 is 5.97 Å². The smallest absolute Gasteiger partial charge is 0.320 e. The molecule has 0 radical (unpaired) electrons. The Morgan fingerprint density at radius 2 is 2.50 bits per heavy atom. The number of aliphatic carboxylic acids is 1. The predicted octanol–water partition coefficient (Wildman–Crippen LogP) is -0.918. The monoisotopic (exact) mass is 201 g/mol. The third-order valence-corrected chi connectivity index (χ3v) is 2.68. The average Bonchev–Trinajstić information content (AvgIpc) is 2.16. The molecule has 1 rings (SSSR count). The third-order valence-electron chi connectivity index (χ3n) is 2.68. The van der Waals surface area contributed by atoms with Gasteiger partial charge in [-0.1, -0.05) is 0 Å². The van der Waals surface area contributed by atoms with Gasteiger partial charge in [0, 0.05) is 32.2 Å². The van der Waals surface area contributed by atoms with Crippen LogP contribution in [0.3, 0.4) is 0 Å². The molecule has 5 nitrogen and oxygen atoms in total. The van der Waals surface area contributed by atoms with Crippen molar-refractivity contribution in [2.45, 2.75) is 25.4 Å². The summed E-state index contributed by atoms with van der Waals surface area (Å²) >= 11 is 0. The summed E-state index contributed by atoms with van der Waals surface area (Å²) in [6.45, 7) is 5.84. The lowest BCUT2D eigenvalue weighted by molar-refractivity contribution is -0.138. The lowest BCUT2D eigenvalue weighted by atomic mass is 10.1. The summed E-state index contributed by atoms with van der Waals surface area (Å²) in [6, 6.07) is -0.248. The first-order chi connectivity index (χ1) is 6.61. The molecule has 5 heteroatoms. The van der Waals surface area contributed by atoms with Crippen LogP contribution >= 0.6 is 0 Å². The fourth-order valence-electron chi connectivity index (χ4n) is 1.64. The number of carboxylic acids is 1. The van der Waals surface area contributed by atoms with E-state index in [1.807, 2.05) is 0 Å². The second kappa shape index (κ2) is 5.29. The van der Waals surface area contributed by atoms with E-state index >= 15 is 0 Å². The molecule has 4 N–H and O–H groups in total. The SMILES string of the molecule is CC1CNCCN1CC[C@@H](N)C(=O)O. The number of carboxylic acid groups (broad SMARTS) is 1. The molecule has 1 heterocycles. The molecule has 0 aromatic carbocycles. The van der Waals surface area contributed by atoms with Crippen LogP contribution in [0.1, 0.15) is 13.3 Å². The van der Waals surface area contributed by atoms with Crippen molar-refractivity contribution in [2.75, 3.05) is 26.2 Å². The van der Waals surface area contributed by atoms with Crippen LogP contribution in [0.5, 0.6) is 0 Å². The summed E-state index contributed by atoms with van der Waals surface area (Å²) in [4.78, 5) is 12.8. The molecule has 0 saturated carbocycles. The minimum Gasteiger partial charge on any atom is -0.480 e. The zero-order valence-corrected chi connectivity index (χ0v) is 8.57. The highest BCUT2D eigenvalue weighted by Crippen LogP contribution is 2.04. The summed E-state index contributed by atoms with van der Waals surface area (Å²) in [5, 5.41) is 11.9. The van der Waals surface area contributed by atoms with Gasteiger partial charge in [0.25, 0.3) is 0 Å². The van der Waals surface area contributed by atoms with Gasteiger partial charge in [0.2, 0.25) is 0 Å². The molecule has 1 fully saturated rings. The normalized spacial score (nSPS) is 26.0. The van der Waals surface area contributed by atoms with Gasteiger partial charge in [-0.15, -0.1) is 0 Å². The highest BCUT2D eigenvalue weighted by atomic mass is 16.4. The van der Waals surface area contributed by atoms with E-state index in [2.05, 4.69) is 17.1 Å². The zero-order chi connectivity index (χ0) is 10.6. The van der Waals surface area contributed by atoms with E-state index in [0.717, 1.165) is 26.2 Å². The van der Waals surface area contributed by atoms with Gasteiger partial charge in [-0.3, -0.25) is 9.69 Å². The van der Waals surface area contributed by atoms with Crippen molar-refractivity contribution in [3.05, 3.63) is 0 Å².